The van der Waals surface area contributed by atoms with Crippen molar-refractivity contribution in [1.82, 2.24) is 15.1 Å². The van der Waals surface area contributed by atoms with Gasteiger partial charge in [-0.25, -0.2) is 9.59 Å². The average Bonchev–Trinajstić information content (AvgIpc) is 1.65. The molecule has 3 aromatic rings. The molecule has 0 aromatic heterocycles. The van der Waals surface area contributed by atoms with E-state index in [1.807, 2.05) is 12.1 Å². The maximum Gasteiger partial charge on any atom is 0.408 e. The molecule has 0 aliphatic carbocycles. The average molecular weight is 1700 g/mol. The second kappa shape index (κ2) is 75.4. The minimum Gasteiger partial charge on any atom is -0.508 e. The van der Waals surface area contributed by atoms with Crippen LogP contribution in [0.5, 0.6) is 5.75 Å². The second-order valence-electron chi connectivity index (χ2n) is 32.7. The number of aliphatic hydroxyl groups is 2. The first-order valence-electron chi connectivity index (χ1n) is 45.4. The van der Waals surface area contributed by atoms with Crippen LogP contribution in [0.4, 0.5) is 9.59 Å². The number of nitrogens with zero attached hydrogens (tertiary/aromatic N) is 2. The lowest BCUT2D eigenvalue weighted by molar-refractivity contribution is -0.121. The Morgan fingerprint density at radius 1 is 0.405 bits per heavy atom. The lowest BCUT2D eigenvalue weighted by Gasteiger charge is -2.23. The summed E-state index contributed by atoms with van der Waals surface area (Å²) in [6.45, 7) is 25.3. The molecule has 1 atom stereocenters. The van der Waals surface area contributed by atoms with E-state index < -0.39 is 29.4 Å². The van der Waals surface area contributed by atoms with E-state index in [4.69, 9.17) is 40.6 Å². The van der Waals surface area contributed by atoms with E-state index in [1.54, 1.807) is 102 Å². The molecule has 0 spiro atoms. The van der Waals surface area contributed by atoms with E-state index in [9.17, 15) is 38.7 Å². The quantitative estimate of drug-likeness (QED) is 0.0174. The van der Waals surface area contributed by atoms with Crippen LogP contribution >= 0.6 is 15.9 Å². The number of unbranched alkanes of at least 4 members (excludes halogenated alkanes) is 36. The van der Waals surface area contributed by atoms with E-state index >= 15 is 0 Å². The number of nitrogens with one attached hydrogen (secondary N) is 1. The number of phenolic OH excluding ortho intramolecular Hbond substituents is 1. The van der Waals surface area contributed by atoms with Crippen molar-refractivity contribution in [3.05, 3.63) is 101 Å². The van der Waals surface area contributed by atoms with Gasteiger partial charge >= 0.3 is 12.2 Å². The van der Waals surface area contributed by atoms with Crippen LogP contribution < -0.4 is 16.8 Å². The molecule has 0 saturated heterocycles. The highest BCUT2D eigenvalue weighted by molar-refractivity contribution is 9.09. The van der Waals surface area contributed by atoms with Crippen molar-refractivity contribution in [3.8, 4) is 5.75 Å². The Labute approximate surface area is 711 Å². The van der Waals surface area contributed by atoms with E-state index in [-0.39, 0.29) is 41.8 Å². The zero-order valence-corrected chi connectivity index (χ0v) is 75.8. The van der Waals surface area contributed by atoms with Gasteiger partial charge in [0.1, 0.15) is 17.0 Å². The monoisotopic (exact) mass is 1690 g/mol. The fourth-order valence-electron chi connectivity index (χ4n) is 12.9. The fourth-order valence-corrected chi connectivity index (χ4v) is 13.3. The summed E-state index contributed by atoms with van der Waals surface area (Å²) in [7, 11) is 0. The van der Waals surface area contributed by atoms with Crippen molar-refractivity contribution in [2.45, 2.75) is 375 Å². The summed E-state index contributed by atoms with van der Waals surface area (Å²) in [4.78, 5) is 86.6. The zero-order chi connectivity index (χ0) is 86.0. The number of Topliss-reactive ketones (excluding diaryl/α,β-unsaturated/α-hetero) is 1. The summed E-state index contributed by atoms with van der Waals surface area (Å²) in [6, 6.07) is 20.1. The summed E-state index contributed by atoms with van der Waals surface area (Å²) in [6.07, 6.45) is 51.8. The molecule has 5 rings (SSSR count). The number of nitrogens with two attached hydrogens (primary N) is 2. The number of amides is 6. The number of carbonyl (C=O) groups is 7. The van der Waals surface area contributed by atoms with Gasteiger partial charge in [-0.1, -0.05) is 272 Å². The molecular formula is C95H164BrN5O15. The molecule has 21 heteroatoms. The first-order valence-corrected chi connectivity index (χ1v) is 46.5. The number of halogens is 1. The van der Waals surface area contributed by atoms with Gasteiger partial charge in [0.25, 0.3) is 23.6 Å². The molecule has 116 heavy (non-hydrogen) atoms. The molecule has 2 heterocycles. The topological polar surface area (TPSA) is 297 Å². The van der Waals surface area contributed by atoms with Crippen LogP contribution in [0.15, 0.2) is 72.8 Å². The predicted octanol–water partition coefficient (Wildman–Crippen LogP) is 22.8. The number of rotatable bonds is 62. The molecule has 0 bridgehead atoms. The molecule has 0 fully saturated rings. The Hall–Kier alpha value is -5.81. The molecule has 6 amide bonds. The van der Waals surface area contributed by atoms with Crippen LogP contribution in [0, 0.1) is 0 Å². The minimum atomic E-state index is -0.725. The van der Waals surface area contributed by atoms with Crippen LogP contribution in [0.2, 0.25) is 0 Å². The van der Waals surface area contributed by atoms with Crippen LogP contribution in [-0.2, 0) is 34.9 Å². The van der Waals surface area contributed by atoms with E-state index in [1.165, 1.54) is 183 Å². The number of carbonyl (C=O) groups excluding carboxylic acids is 7. The molecule has 2 aliphatic heterocycles. The molecule has 0 radical (unpaired) electrons. The van der Waals surface area contributed by atoms with Crippen LogP contribution in [0.25, 0.3) is 0 Å². The highest BCUT2D eigenvalue weighted by Crippen LogP contribution is 2.26. The number of benzene rings is 3. The lowest BCUT2D eigenvalue weighted by atomic mass is 9.98. The Kier molecular flexibility index (Phi) is 71.6. The van der Waals surface area contributed by atoms with Gasteiger partial charge < -0.3 is 55.8 Å². The summed E-state index contributed by atoms with van der Waals surface area (Å²) >= 11 is 3.37. The number of alkyl carbamates (subject to hydrolysis) is 1. The van der Waals surface area contributed by atoms with Gasteiger partial charge in [0.15, 0.2) is 5.78 Å². The van der Waals surface area contributed by atoms with Gasteiger partial charge in [-0.05, 0) is 180 Å². The van der Waals surface area contributed by atoms with Crippen LogP contribution in [-0.4, -0.2) is 162 Å². The lowest BCUT2D eigenvalue weighted by Crippen LogP contribution is -2.44. The minimum absolute atomic E-state index is 0.0111. The van der Waals surface area contributed by atoms with Gasteiger partial charge in [-0.15, -0.1) is 0 Å². The summed E-state index contributed by atoms with van der Waals surface area (Å²) in [5.74, 6) is -0.438. The number of imide groups is 2. The molecular weight excluding hydrogens is 1530 g/mol. The maximum atomic E-state index is 12.9. The van der Waals surface area contributed by atoms with Crippen molar-refractivity contribution in [2.75, 3.05) is 77.8 Å². The Balaban J connectivity index is 0.00000146. The van der Waals surface area contributed by atoms with Crippen molar-refractivity contribution in [1.29, 1.82) is 0 Å². The molecule has 3 aromatic carbocycles. The maximum absolute atomic E-state index is 12.9. The Morgan fingerprint density at radius 2 is 0.698 bits per heavy atom. The summed E-state index contributed by atoms with van der Waals surface area (Å²) < 4.78 is 27.0. The largest absolute Gasteiger partial charge is 0.508 e. The number of fused-ring (bicyclic) bond motifs is 2. The van der Waals surface area contributed by atoms with Gasteiger partial charge in [0.2, 0.25) is 0 Å². The first kappa shape index (κ1) is 110. The van der Waals surface area contributed by atoms with Crippen molar-refractivity contribution in [3.63, 3.8) is 0 Å². The number of aromatic hydroxyl groups is 1. The smallest absolute Gasteiger partial charge is 0.408 e. The molecule has 2 aliphatic rings. The number of hydrogen-bond acceptors (Lipinski definition) is 16. The second-order valence-corrected chi connectivity index (χ2v) is 33.5. The van der Waals surface area contributed by atoms with Crippen LogP contribution in [0.1, 0.15) is 398 Å². The standard InChI is InChI=1S/C30H51NO5.C23H35NO3.C15H19NO3.C15H33NO.C7H15BrO.C5H11NO2/c1-5-6-7-8-12-15-22-35-23-16-13-10-9-11-14-17-28(33)27(31-29(34)36-30(2,3)4)24-25-18-20-26(32)21-19-25;1-2-3-4-5-8-13-18-27-19-14-9-6-7-12-17-24-22(25)20-15-10-11-16-21(20)23(24)26;17-11-7-3-1-2-6-10-16-14(18)12-8-4-5-9-13(12)15(16)19;1-2-3-4-5-8-11-14-17-15-12-9-6-7-10-13-16;8-6-4-2-1-3-5-7-9;1-5(2,3)8-4(6)7/h18-21,27,32H,5-17,22-24H2,1-4H3,(H,31,34);10-11,15-16H,2-9,12-14,17-19H2,1H3;4-5,8-9,17H,1-3,6-7,10-11H2;2-16H2,1H3;9H,1-7H2;1-3H3,(H2,6,7). The highest BCUT2D eigenvalue weighted by atomic mass is 79.9. The third-order valence-corrected chi connectivity index (χ3v) is 20.1. The number of ketones is 1. The number of aliphatic hydroxyl groups excluding tert-OH is 2. The van der Waals surface area contributed by atoms with Crippen LogP contribution in [0.3, 0.4) is 0 Å². The van der Waals surface area contributed by atoms with E-state index in [2.05, 4.69) is 46.8 Å². The van der Waals surface area contributed by atoms with Crippen molar-refractivity contribution in [2.24, 2.45) is 11.5 Å². The summed E-state index contributed by atoms with van der Waals surface area (Å²) in [5.41, 5.74) is 12.1. The number of hydrogen-bond donors (Lipinski definition) is 6. The fraction of sp³-hybridized carbons (Fsp3) is 0.737. The van der Waals surface area contributed by atoms with Crippen molar-refractivity contribution < 1.29 is 72.6 Å². The first-order chi connectivity index (χ1) is 56.0. The highest BCUT2D eigenvalue weighted by Gasteiger charge is 2.36. The summed E-state index contributed by atoms with van der Waals surface area (Å²) in [5, 5.41) is 30.5. The number of primary amides is 1. The van der Waals surface area contributed by atoms with Crippen molar-refractivity contribution >= 4 is 57.5 Å². The normalized spacial score (nSPS) is 12.4. The molecule has 8 N–H and O–H groups in total. The van der Waals surface area contributed by atoms with Gasteiger partial charge in [-0.3, -0.25) is 33.8 Å². The van der Waals surface area contributed by atoms with Gasteiger partial charge in [0.05, 0.1) is 28.3 Å². The predicted molar refractivity (Wildman–Crippen MR) is 478 cm³/mol. The van der Waals surface area contributed by atoms with E-state index in [0.717, 1.165) is 166 Å². The SMILES string of the molecule is CC(C)(C)OC(N)=O.CCCCCCCCOCCCCCCCCC(=O)C(Cc1ccc(O)cc1)NC(=O)OC(C)(C)C.CCCCCCCCOCCCCCCCN.CCCCCCCCOCCCCCCCN1C(=O)c2ccccc2C1=O.O=C1c2ccccc2C(=O)N1CCCCCCCO.OCCCCCCCBr. The molecule has 1 unspecified atom stereocenters. The van der Waals surface area contributed by atoms with Gasteiger partial charge in [0, 0.05) is 77.7 Å². The molecule has 20 nitrogen and oxygen atoms in total. The molecule has 666 valence electrons. The van der Waals surface area contributed by atoms with E-state index in [0.29, 0.717) is 54.8 Å². The Bertz CT molecular complexity index is 2820. The third-order valence-electron chi connectivity index (χ3n) is 19.5. The van der Waals surface area contributed by atoms with Gasteiger partial charge in [-0.2, -0.15) is 0 Å². The number of phenols is 1. The molecule has 0 saturated carbocycles. The number of ether oxygens (including phenoxy) is 5. The Morgan fingerprint density at radius 3 is 0.991 bits per heavy atom. The third kappa shape index (κ3) is 62.4. The number of alkyl halides is 1. The zero-order valence-electron chi connectivity index (χ0n) is 74.2.